The summed E-state index contributed by atoms with van der Waals surface area (Å²) in [5.74, 6) is 0. The summed E-state index contributed by atoms with van der Waals surface area (Å²) in [6.07, 6.45) is 1.79. The molecule has 0 atom stereocenters. The van der Waals surface area contributed by atoms with Gasteiger partial charge in [-0.15, -0.1) is 0 Å². The number of nitrogens with one attached hydrogen (secondary N) is 1. The molecule has 1 aromatic rings. The average molecular weight is 205 g/mol. The summed E-state index contributed by atoms with van der Waals surface area (Å²) in [5.41, 5.74) is 1.96. The lowest BCUT2D eigenvalue weighted by molar-refractivity contribution is 0.596. The topological polar surface area (TPSA) is 37.3 Å². The van der Waals surface area contributed by atoms with E-state index in [1.165, 1.54) is 0 Å². The first-order chi connectivity index (χ1) is 7.20. The quantitative estimate of drug-likeness (QED) is 0.588. The van der Waals surface area contributed by atoms with Crippen LogP contribution in [0.4, 0.5) is 0 Å². The van der Waals surface area contributed by atoms with E-state index < -0.39 is 0 Å². The van der Waals surface area contributed by atoms with Crippen LogP contribution in [0.15, 0.2) is 29.4 Å². The van der Waals surface area contributed by atoms with Crippen molar-refractivity contribution in [2.24, 2.45) is 4.99 Å². The molecule has 0 aliphatic carbocycles. The van der Waals surface area contributed by atoms with E-state index in [9.17, 15) is 0 Å². The van der Waals surface area contributed by atoms with E-state index in [4.69, 9.17) is 0 Å². The molecule has 1 rings (SSSR count). The van der Waals surface area contributed by atoms with Crippen molar-refractivity contribution >= 4 is 5.71 Å². The summed E-state index contributed by atoms with van der Waals surface area (Å²) in [5, 5.41) is 3.32. The minimum Gasteiger partial charge on any atom is -0.313 e. The van der Waals surface area contributed by atoms with Gasteiger partial charge in [0.1, 0.15) is 0 Å². The van der Waals surface area contributed by atoms with Crippen molar-refractivity contribution in [3.05, 3.63) is 30.1 Å². The van der Waals surface area contributed by atoms with Crippen LogP contribution in [0.5, 0.6) is 0 Å². The van der Waals surface area contributed by atoms with Gasteiger partial charge in [-0.2, -0.15) is 0 Å². The van der Waals surface area contributed by atoms with Gasteiger partial charge in [0.05, 0.1) is 18.0 Å². The van der Waals surface area contributed by atoms with E-state index >= 15 is 0 Å². The number of nitrogens with zero attached hydrogens (tertiary/aromatic N) is 2. The number of aliphatic imine (C=N–C) groups is 1. The minimum atomic E-state index is 0.523. The van der Waals surface area contributed by atoms with E-state index in [1.54, 1.807) is 6.20 Å². The molecule has 1 N–H and O–H groups in total. The van der Waals surface area contributed by atoms with Crippen LogP contribution < -0.4 is 5.32 Å². The van der Waals surface area contributed by atoms with E-state index in [0.717, 1.165) is 24.5 Å². The van der Waals surface area contributed by atoms with Crippen LogP contribution in [-0.4, -0.2) is 29.8 Å². The zero-order chi connectivity index (χ0) is 11.1. The molecule has 0 aliphatic rings. The van der Waals surface area contributed by atoms with E-state index in [1.807, 2.05) is 25.1 Å². The van der Waals surface area contributed by atoms with Crippen molar-refractivity contribution in [3.63, 3.8) is 0 Å². The fourth-order valence-corrected chi connectivity index (χ4v) is 1.23. The Morgan fingerprint density at radius 2 is 2.27 bits per heavy atom. The van der Waals surface area contributed by atoms with Crippen LogP contribution in [0.2, 0.25) is 0 Å². The second kappa shape index (κ2) is 6.30. The standard InChI is InChI=1S/C12H19N3/c1-10(2)13-8-9-14-11(3)12-6-4-5-7-15-12/h4-7,10,13H,8-9H2,1-3H3. The van der Waals surface area contributed by atoms with Crippen molar-refractivity contribution in [1.29, 1.82) is 0 Å². The Kier molecular flexibility index (Phi) is 4.98. The van der Waals surface area contributed by atoms with Crippen LogP contribution in [0.25, 0.3) is 0 Å². The van der Waals surface area contributed by atoms with Gasteiger partial charge in [0, 0.05) is 18.8 Å². The van der Waals surface area contributed by atoms with Crippen molar-refractivity contribution in [2.45, 2.75) is 26.8 Å². The zero-order valence-corrected chi connectivity index (χ0v) is 9.70. The Bertz CT molecular complexity index is 304. The molecule has 3 heteroatoms. The fraction of sp³-hybridized carbons (Fsp3) is 0.500. The molecule has 0 bridgehead atoms. The molecular weight excluding hydrogens is 186 g/mol. The first kappa shape index (κ1) is 11.9. The second-order valence-corrected chi connectivity index (χ2v) is 3.79. The second-order valence-electron chi connectivity index (χ2n) is 3.79. The van der Waals surface area contributed by atoms with E-state index in [0.29, 0.717) is 6.04 Å². The van der Waals surface area contributed by atoms with Crippen LogP contribution in [0.3, 0.4) is 0 Å². The molecule has 0 saturated carbocycles. The number of hydrogen-bond acceptors (Lipinski definition) is 3. The third-order valence-corrected chi connectivity index (χ3v) is 2.05. The Hall–Kier alpha value is -1.22. The normalized spacial score (nSPS) is 12.1. The number of hydrogen-bond donors (Lipinski definition) is 1. The van der Waals surface area contributed by atoms with Crippen LogP contribution in [0.1, 0.15) is 26.5 Å². The monoisotopic (exact) mass is 205 g/mol. The molecule has 15 heavy (non-hydrogen) atoms. The lowest BCUT2D eigenvalue weighted by atomic mass is 10.2. The predicted molar refractivity (Wildman–Crippen MR) is 64.5 cm³/mol. The van der Waals surface area contributed by atoms with Gasteiger partial charge in [-0.1, -0.05) is 19.9 Å². The molecule has 0 saturated heterocycles. The molecule has 0 unspecified atom stereocenters. The van der Waals surface area contributed by atoms with Gasteiger partial charge in [-0.25, -0.2) is 0 Å². The highest BCUT2D eigenvalue weighted by molar-refractivity contribution is 5.96. The van der Waals surface area contributed by atoms with Crippen molar-refractivity contribution in [1.82, 2.24) is 10.3 Å². The Labute approximate surface area is 91.7 Å². The largest absolute Gasteiger partial charge is 0.313 e. The van der Waals surface area contributed by atoms with Crippen LogP contribution >= 0.6 is 0 Å². The van der Waals surface area contributed by atoms with Gasteiger partial charge in [0.15, 0.2) is 0 Å². The predicted octanol–water partition coefficient (Wildman–Crippen LogP) is 1.89. The minimum absolute atomic E-state index is 0.523. The van der Waals surface area contributed by atoms with Gasteiger partial charge in [-0.3, -0.25) is 9.98 Å². The van der Waals surface area contributed by atoms with E-state index in [2.05, 4.69) is 29.1 Å². The van der Waals surface area contributed by atoms with Gasteiger partial charge >= 0.3 is 0 Å². The summed E-state index contributed by atoms with van der Waals surface area (Å²) in [7, 11) is 0. The lowest BCUT2D eigenvalue weighted by Gasteiger charge is -2.05. The fourth-order valence-electron chi connectivity index (χ4n) is 1.23. The van der Waals surface area contributed by atoms with Gasteiger partial charge in [-0.05, 0) is 19.1 Å². The maximum absolute atomic E-state index is 4.46. The summed E-state index contributed by atoms with van der Waals surface area (Å²) in [6.45, 7) is 7.99. The zero-order valence-electron chi connectivity index (χ0n) is 9.70. The summed E-state index contributed by atoms with van der Waals surface area (Å²) in [6, 6.07) is 6.40. The molecule has 0 aromatic carbocycles. The molecule has 0 aliphatic heterocycles. The smallest absolute Gasteiger partial charge is 0.0837 e. The average Bonchev–Trinajstić information content (AvgIpc) is 2.25. The molecule has 0 fully saturated rings. The van der Waals surface area contributed by atoms with Crippen molar-refractivity contribution in [3.8, 4) is 0 Å². The molecule has 82 valence electrons. The molecule has 3 nitrogen and oxygen atoms in total. The van der Waals surface area contributed by atoms with Crippen molar-refractivity contribution < 1.29 is 0 Å². The summed E-state index contributed by atoms with van der Waals surface area (Å²) in [4.78, 5) is 8.70. The first-order valence-corrected chi connectivity index (χ1v) is 5.36. The van der Waals surface area contributed by atoms with Crippen LogP contribution in [-0.2, 0) is 0 Å². The molecule has 1 heterocycles. The first-order valence-electron chi connectivity index (χ1n) is 5.36. The molecule has 0 spiro atoms. The third-order valence-electron chi connectivity index (χ3n) is 2.05. The maximum atomic E-state index is 4.46. The molecule has 0 amide bonds. The Morgan fingerprint density at radius 3 is 2.87 bits per heavy atom. The highest BCUT2D eigenvalue weighted by atomic mass is 14.9. The highest BCUT2D eigenvalue weighted by Crippen LogP contribution is 1.95. The highest BCUT2D eigenvalue weighted by Gasteiger charge is 1.96. The maximum Gasteiger partial charge on any atom is 0.0837 e. The molecule has 1 aromatic heterocycles. The Morgan fingerprint density at radius 1 is 1.47 bits per heavy atom. The number of aromatic nitrogens is 1. The van der Waals surface area contributed by atoms with Gasteiger partial charge < -0.3 is 5.32 Å². The summed E-state index contributed by atoms with van der Waals surface area (Å²) >= 11 is 0. The lowest BCUT2D eigenvalue weighted by Crippen LogP contribution is -2.25. The van der Waals surface area contributed by atoms with Crippen LogP contribution in [0, 0.1) is 0 Å². The Balaban J connectivity index is 2.40. The third kappa shape index (κ3) is 4.70. The SMILES string of the molecule is CC(=NCCNC(C)C)c1ccccn1. The molecule has 0 radical (unpaired) electrons. The number of rotatable bonds is 5. The van der Waals surface area contributed by atoms with Gasteiger partial charge in [0.25, 0.3) is 0 Å². The molecular formula is C12H19N3. The van der Waals surface area contributed by atoms with Gasteiger partial charge in [0.2, 0.25) is 0 Å². The van der Waals surface area contributed by atoms with Crippen molar-refractivity contribution in [2.75, 3.05) is 13.1 Å². The summed E-state index contributed by atoms with van der Waals surface area (Å²) < 4.78 is 0. The van der Waals surface area contributed by atoms with E-state index in [-0.39, 0.29) is 0 Å². The number of pyridine rings is 1.